The second kappa shape index (κ2) is 6.86. The number of rotatable bonds is 4. The molecule has 1 saturated heterocycles. The lowest BCUT2D eigenvalue weighted by molar-refractivity contribution is -0.134. The first-order chi connectivity index (χ1) is 9.58. The summed E-state index contributed by atoms with van der Waals surface area (Å²) < 4.78 is 0. The average molecular weight is 276 g/mol. The van der Waals surface area contributed by atoms with E-state index in [1.165, 1.54) is 0 Å². The normalized spacial score (nSPS) is 18.8. The molecule has 0 radical (unpaired) electrons. The lowest BCUT2D eigenvalue weighted by Gasteiger charge is -2.33. The molecule has 1 unspecified atom stereocenters. The van der Waals surface area contributed by atoms with Crippen molar-refractivity contribution in [3.63, 3.8) is 0 Å². The van der Waals surface area contributed by atoms with E-state index in [0.29, 0.717) is 6.54 Å². The van der Waals surface area contributed by atoms with Gasteiger partial charge in [0.2, 0.25) is 5.91 Å². The van der Waals surface area contributed by atoms with E-state index in [9.17, 15) is 9.90 Å². The Balaban J connectivity index is 1.81. The fraction of sp³-hybridized carbons (Fsp3) is 0.562. The molecule has 1 atom stereocenters. The van der Waals surface area contributed by atoms with Crippen molar-refractivity contribution in [2.45, 2.75) is 18.9 Å². The molecular formula is C16H24N2O2. The smallest absolute Gasteiger partial charge is 0.225 e. The van der Waals surface area contributed by atoms with Gasteiger partial charge in [-0.25, -0.2) is 0 Å². The maximum absolute atomic E-state index is 11.9. The summed E-state index contributed by atoms with van der Waals surface area (Å²) in [6, 6.07) is 9.75. The molecule has 110 valence electrons. The maximum Gasteiger partial charge on any atom is 0.225 e. The van der Waals surface area contributed by atoms with Gasteiger partial charge in [0.25, 0.3) is 0 Å². The highest BCUT2D eigenvalue weighted by atomic mass is 16.3. The minimum Gasteiger partial charge on any atom is -0.387 e. The maximum atomic E-state index is 11.9. The van der Waals surface area contributed by atoms with Gasteiger partial charge in [-0.05, 0) is 31.5 Å². The molecule has 1 fully saturated rings. The Hall–Kier alpha value is -1.39. The lowest BCUT2D eigenvalue weighted by atomic mass is 9.95. The van der Waals surface area contributed by atoms with Gasteiger partial charge in [0.05, 0.1) is 6.10 Å². The van der Waals surface area contributed by atoms with E-state index in [-0.39, 0.29) is 11.8 Å². The van der Waals surface area contributed by atoms with Gasteiger partial charge in [-0.3, -0.25) is 4.79 Å². The Morgan fingerprint density at radius 2 is 1.90 bits per heavy atom. The first-order valence-corrected chi connectivity index (χ1v) is 7.24. The van der Waals surface area contributed by atoms with Gasteiger partial charge in [-0.15, -0.1) is 0 Å². The predicted molar refractivity (Wildman–Crippen MR) is 79.3 cm³/mol. The summed E-state index contributed by atoms with van der Waals surface area (Å²) in [6.07, 6.45) is 1.33. The van der Waals surface area contributed by atoms with Crippen LogP contribution in [0.3, 0.4) is 0 Å². The molecule has 1 aliphatic rings. The van der Waals surface area contributed by atoms with E-state index >= 15 is 0 Å². The van der Waals surface area contributed by atoms with Crippen molar-refractivity contribution >= 4 is 5.91 Å². The second-order valence-corrected chi connectivity index (χ2v) is 5.73. The molecular weight excluding hydrogens is 252 g/mol. The first-order valence-electron chi connectivity index (χ1n) is 7.24. The minimum atomic E-state index is -0.447. The largest absolute Gasteiger partial charge is 0.387 e. The Kier molecular flexibility index (Phi) is 5.15. The van der Waals surface area contributed by atoms with Crippen molar-refractivity contribution in [3.8, 4) is 0 Å². The zero-order chi connectivity index (χ0) is 14.5. The number of aliphatic hydroxyl groups excluding tert-OH is 1. The third-order valence-electron chi connectivity index (χ3n) is 3.99. The molecule has 0 aliphatic carbocycles. The molecule has 0 spiro atoms. The number of aliphatic hydroxyl groups is 1. The summed E-state index contributed by atoms with van der Waals surface area (Å²) in [6.45, 7) is 2.41. The zero-order valence-corrected chi connectivity index (χ0v) is 12.3. The van der Waals surface area contributed by atoms with Gasteiger partial charge < -0.3 is 14.9 Å². The summed E-state index contributed by atoms with van der Waals surface area (Å²) >= 11 is 0. The summed E-state index contributed by atoms with van der Waals surface area (Å²) in [4.78, 5) is 15.8. The van der Waals surface area contributed by atoms with Crippen LogP contribution in [0.15, 0.2) is 30.3 Å². The summed E-state index contributed by atoms with van der Waals surface area (Å²) in [5.74, 6) is 0.378. The molecule has 4 nitrogen and oxygen atoms in total. The molecule has 1 aliphatic heterocycles. The standard InChI is InChI=1S/C16H24N2O2/c1-17(2)16(20)14-8-10-18(11-9-14)12-15(19)13-6-4-3-5-7-13/h3-7,14-15,19H,8-12H2,1-2H3. The van der Waals surface area contributed by atoms with Crippen LogP contribution in [0.4, 0.5) is 0 Å². The number of hydrogen-bond donors (Lipinski definition) is 1. The van der Waals surface area contributed by atoms with E-state index in [0.717, 1.165) is 31.5 Å². The molecule has 4 heteroatoms. The number of carbonyl (C=O) groups excluding carboxylic acids is 1. The van der Waals surface area contributed by atoms with E-state index < -0.39 is 6.10 Å². The van der Waals surface area contributed by atoms with Crippen LogP contribution < -0.4 is 0 Å². The third-order valence-corrected chi connectivity index (χ3v) is 3.99. The highest BCUT2D eigenvalue weighted by molar-refractivity contribution is 5.78. The molecule has 1 heterocycles. The number of nitrogens with zero attached hydrogens (tertiary/aromatic N) is 2. The molecule has 1 amide bonds. The van der Waals surface area contributed by atoms with Crippen LogP contribution in [-0.2, 0) is 4.79 Å². The van der Waals surface area contributed by atoms with Crippen LogP contribution >= 0.6 is 0 Å². The van der Waals surface area contributed by atoms with Gasteiger partial charge in [0, 0.05) is 26.6 Å². The van der Waals surface area contributed by atoms with Gasteiger partial charge in [-0.1, -0.05) is 30.3 Å². The molecule has 20 heavy (non-hydrogen) atoms. The molecule has 0 aromatic heterocycles. The van der Waals surface area contributed by atoms with Crippen molar-refractivity contribution in [2.75, 3.05) is 33.7 Å². The van der Waals surface area contributed by atoms with Crippen LogP contribution in [0.25, 0.3) is 0 Å². The van der Waals surface area contributed by atoms with Crippen LogP contribution in [0.2, 0.25) is 0 Å². The first kappa shape index (κ1) is 15.0. The summed E-state index contributed by atoms with van der Waals surface area (Å²) in [7, 11) is 3.63. The molecule has 0 saturated carbocycles. The molecule has 1 N–H and O–H groups in total. The molecule has 2 rings (SSSR count). The average Bonchev–Trinajstić information content (AvgIpc) is 2.48. The van der Waals surface area contributed by atoms with Gasteiger partial charge in [-0.2, -0.15) is 0 Å². The second-order valence-electron chi connectivity index (χ2n) is 5.73. The predicted octanol–water partition coefficient (Wildman–Crippen LogP) is 1.52. The lowest BCUT2D eigenvalue weighted by Crippen LogP contribution is -2.41. The van der Waals surface area contributed by atoms with Crippen molar-refractivity contribution in [1.29, 1.82) is 0 Å². The Labute approximate surface area is 121 Å². The Morgan fingerprint density at radius 1 is 1.30 bits per heavy atom. The van der Waals surface area contributed by atoms with E-state index in [2.05, 4.69) is 4.90 Å². The SMILES string of the molecule is CN(C)C(=O)C1CCN(CC(O)c2ccccc2)CC1. The van der Waals surface area contributed by atoms with Gasteiger partial charge in [0.1, 0.15) is 0 Å². The summed E-state index contributed by atoms with van der Waals surface area (Å²) in [5.41, 5.74) is 0.957. The van der Waals surface area contributed by atoms with Crippen LogP contribution in [0, 0.1) is 5.92 Å². The zero-order valence-electron chi connectivity index (χ0n) is 12.3. The highest BCUT2D eigenvalue weighted by Gasteiger charge is 2.26. The highest BCUT2D eigenvalue weighted by Crippen LogP contribution is 2.21. The van der Waals surface area contributed by atoms with Crippen molar-refractivity contribution in [2.24, 2.45) is 5.92 Å². The molecule has 0 bridgehead atoms. The van der Waals surface area contributed by atoms with Crippen LogP contribution in [0.5, 0.6) is 0 Å². The van der Waals surface area contributed by atoms with Crippen molar-refractivity contribution in [3.05, 3.63) is 35.9 Å². The van der Waals surface area contributed by atoms with E-state index in [1.54, 1.807) is 4.90 Å². The topological polar surface area (TPSA) is 43.8 Å². The number of carbonyl (C=O) groups is 1. The number of likely N-dealkylation sites (tertiary alicyclic amines) is 1. The number of piperidine rings is 1. The van der Waals surface area contributed by atoms with Crippen molar-refractivity contribution in [1.82, 2.24) is 9.80 Å². The molecule has 1 aromatic carbocycles. The minimum absolute atomic E-state index is 0.148. The molecule has 1 aromatic rings. The van der Waals surface area contributed by atoms with Gasteiger partial charge in [0.15, 0.2) is 0 Å². The van der Waals surface area contributed by atoms with E-state index in [1.807, 2.05) is 44.4 Å². The fourth-order valence-electron chi connectivity index (χ4n) is 2.75. The summed E-state index contributed by atoms with van der Waals surface area (Å²) in [5, 5.41) is 10.2. The van der Waals surface area contributed by atoms with Crippen molar-refractivity contribution < 1.29 is 9.90 Å². The Bertz CT molecular complexity index is 425. The quantitative estimate of drug-likeness (QED) is 0.907. The van der Waals surface area contributed by atoms with E-state index in [4.69, 9.17) is 0 Å². The van der Waals surface area contributed by atoms with Crippen LogP contribution in [0.1, 0.15) is 24.5 Å². The van der Waals surface area contributed by atoms with Crippen LogP contribution in [-0.4, -0.2) is 54.5 Å². The van der Waals surface area contributed by atoms with Gasteiger partial charge >= 0.3 is 0 Å². The monoisotopic (exact) mass is 276 g/mol. The third kappa shape index (κ3) is 3.81. The number of benzene rings is 1. The fourth-order valence-corrected chi connectivity index (χ4v) is 2.75. The Morgan fingerprint density at radius 3 is 2.45 bits per heavy atom. The number of hydrogen-bond acceptors (Lipinski definition) is 3. The number of amides is 1. The number of β-amino-alcohol motifs (C(OH)–C–C–N with tert-alkyl or cyclic N) is 1.